The van der Waals surface area contributed by atoms with E-state index >= 15 is 0 Å². The lowest BCUT2D eigenvalue weighted by molar-refractivity contribution is 0.102. The van der Waals surface area contributed by atoms with E-state index in [0.717, 1.165) is 0 Å². The van der Waals surface area contributed by atoms with Crippen LogP contribution in [0.1, 0.15) is 16.2 Å². The monoisotopic (exact) mass is 270 g/mol. The molecule has 3 aromatic rings. The molecule has 0 saturated heterocycles. The molecule has 0 bridgehead atoms. The number of amides is 1. The number of H-pyrrole nitrogens is 2. The number of nitrogens with zero attached hydrogens (tertiary/aromatic N) is 5. The Morgan fingerprint density at radius 1 is 1.30 bits per heavy atom. The van der Waals surface area contributed by atoms with Gasteiger partial charge in [0.05, 0.1) is 0 Å². The number of rotatable bonds is 3. The van der Waals surface area contributed by atoms with Gasteiger partial charge in [0.2, 0.25) is 11.8 Å². The van der Waals surface area contributed by atoms with Gasteiger partial charge in [-0.3, -0.25) is 15.2 Å². The summed E-state index contributed by atoms with van der Waals surface area (Å²) in [5.74, 6) is 0.973. The van der Waals surface area contributed by atoms with Crippen LogP contribution in [0, 0.1) is 6.92 Å². The van der Waals surface area contributed by atoms with Gasteiger partial charge in [-0.1, -0.05) is 12.1 Å². The lowest BCUT2D eigenvalue weighted by atomic mass is 10.1. The minimum absolute atomic E-state index is 0.234. The number of carbonyl (C=O) groups is 1. The van der Waals surface area contributed by atoms with E-state index in [4.69, 9.17) is 0 Å². The standard InChI is InChI=1S/C11H10N8O/c1-6-12-11(17-14-6)13-10(20)8-4-2-3-7(5-8)9-15-18-19-16-9/h2-5H,1H3,(H,15,16,18,19)(H2,12,13,14,17,20). The third kappa shape index (κ3) is 2.36. The van der Waals surface area contributed by atoms with E-state index in [2.05, 4.69) is 41.1 Å². The van der Waals surface area contributed by atoms with Gasteiger partial charge in [0.1, 0.15) is 5.82 Å². The third-order valence-electron chi connectivity index (χ3n) is 2.55. The lowest BCUT2D eigenvalue weighted by Crippen LogP contribution is -2.13. The highest BCUT2D eigenvalue weighted by molar-refractivity contribution is 6.03. The van der Waals surface area contributed by atoms with E-state index in [1.807, 2.05) is 0 Å². The fourth-order valence-corrected chi connectivity index (χ4v) is 1.66. The molecule has 0 spiro atoms. The van der Waals surface area contributed by atoms with Crippen LogP contribution in [0.3, 0.4) is 0 Å². The topological polar surface area (TPSA) is 125 Å². The van der Waals surface area contributed by atoms with Crippen molar-refractivity contribution in [1.82, 2.24) is 35.8 Å². The highest BCUT2D eigenvalue weighted by Gasteiger charge is 2.11. The molecule has 0 aliphatic carbocycles. The number of aryl methyl sites for hydroxylation is 1. The summed E-state index contributed by atoms with van der Waals surface area (Å²) in [5, 5.41) is 22.7. The van der Waals surface area contributed by atoms with Gasteiger partial charge in [-0.2, -0.15) is 10.2 Å². The van der Waals surface area contributed by atoms with Crippen molar-refractivity contribution in [1.29, 1.82) is 0 Å². The van der Waals surface area contributed by atoms with E-state index in [-0.39, 0.29) is 11.9 Å². The number of nitrogens with one attached hydrogen (secondary N) is 3. The number of aromatic amines is 2. The molecule has 2 heterocycles. The first-order valence-corrected chi connectivity index (χ1v) is 5.76. The van der Waals surface area contributed by atoms with Gasteiger partial charge in [0.15, 0.2) is 0 Å². The molecule has 0 fully saturated rings. The smallest absolute Gasteiger partial charge is 0.258 e. The number of aromatic nitrogens is 7. The maximum Gasteiger partial charge on any atom is 0.258 e. The summed E-state index contributed by atoms with van der Waals surface area (Å²) in [4.78, 5) is 16.1. The lowest BCUT2D eigenvalue weighted by Gasteiger charge is -2.02. The molecule has 1 amide bonds. The van der Waals surface area contributed by atoms with E-state index < -0.39 is 0 Å². The average molecular weight is 270 g/mol. The molecule has 20 heavy (non-hydrogen) atoms. The van der Waals surface area contributed by atoms with Crippen LogP contribution in [0.2, 0.25) is 0 Å². The zero-order valence-corrected chi connectivity index (χ0v) is 10.5. The molecule has 0 atom stereocenters. The zero-order valence-electron chi connectivity index (χ0n) is 10.5. The normalized spacial score (nSPS) is 10.4. The fraction of sp³-hybridized carbons (Fsp3) is 0.0909. The Kier molecular flexibility index (Phi) is 2.92. The zero-order chi connectivity index (χ0) is 13.9. The van der Waals surface area contributed by atoms with E-state index in [1.165, 1.54) is 0 Å². The van der Waals surface area contributed by atoms with Crippen LogP contribution in [0.4, 0.5) is 5.95 Å². The Hall–Kier alpha value is -3.10. The molecule has 9 nitrogen and oxygen atoms in total. The summed E-state index contributed by atoms with van der Waals surface area (Å²) in [6.45, 7) is 1.75. The summed E-state index contributed by atoms with van der Waals surface area (Å²) in [7, 11) is 0. The van der Waals surface area contributed by atoms with Crippen molar-refractivity contribution < 1.29 is 4.79 Å². The first-order chi connectivity index (χ1) is 9.72. The first-order valence-electron chi connectivity index (χ1n) is 5.76. The van der Waals surface area contributed by atoms with Gasteiger partial charge < -0.3 is 0 Å². The number of hydrogen-bond acceptors (Lipinski definition) is 6. The number of tetrazole rings is 1. The highest BCUT2D eigenvalue weighted by Crippen LogP contribution is 2.15. The largest absolute Gasteiger partial charge is 0.289 e. The van der Waals surface area contributed by atoms with E-state index in [0.29, 0.717) is 22.8 Å². The molecule has 0 radical (unpaired) electrons. The molecule has 2 aromatic heterocycles. The van der Waals surface area contributed by atoms with Crippen molar-refractivity contribution in [2.75, 3.05) is 5.32 Å². The van der Waals surface area contributed by atoms with Crippen LogP contribution in [0.25, 0.3) is 11.4 Å². The molecule has 0 aliphatic rings. The summed E-state index contributed by atoms with van der Waals surface area (Å²) in [5.41, 5.74) is 1.15. The molecule has 3 rings (SSSR count). The van der Waals surface area contributed by atoms with Crippen molar-refractivity contribution in [3.05, 3.63) is 35.7 Å². The van der Waals surface area contributed by atoms with Gasteiger partial charge in [0, 0.05) is 11.1 Å². The number of hydrogen-bond donors (Lipinski definition) is 3. The van der Waals surface area contributed by atoms with Crippen LogP contribution in [-0.4, -0.2) is 41.7 Å². The summed E-state index contributed by atoms with van der Waals surface area (Å²) in [6, 6.07) is 6.88. The number of benzene rings is 1. The second-order valence-electron chi connectivity index (χ2n) is 4.01. The number of anilines is 1. The van der Waals surface area contributed by atoms with Crippen LogP contribution in [-0.2, 0) is 0 Å². The minimum Gasteiger partial charge on any atom is -0.289 e. The van der Waals surface area contributed by atoms with Gasteiger partial charge in [-0.05, 0) is 24.3 Å². The molecular formula is C11H10N8O. The van der Waals surface area contributed by atoms with Gasteiger partial charge >= 0.3 is 0 Å². The maximum atomic E-state index is 12.1. The van der Waals surface area contributed by atoms with Gasteiger partial charge in [-0.25, -0.2) is 0 Å². The maximum absolute atomic E-state index is 12.1. The predicted octanol–water partition coefficient (Wildman–Crippen LogP) is 0.546. The average Bonchev–Trinajstić information content (AvgIpc) is 3.11. The quantitative estimate of drug-likeness (QED) is 0.638. The highest BCUT2D eigenvalue weighted by atomic mass is 16.1. The van der Waals surface area contributed by atoms with Crippen molar-refractivity contribution >= 4 is 11.9 Å². The molecule has 0 unspecified atom stereocenters. The summed E-state index contributed by atoms with van der Waals surface area (Å²) >= 11 is 0. The van der Waals surface area contributed by atoms with Crippen molar-refractivity contribution in [2.24, 2.45) is 0 Å². The fourth-order valence-electron chi connectivity index (χ4n) is 1.66. The van der Waals surface area contributed by atoms with Crippen molar-refractivity contribution in [3.63, 3.8) is 0 Å². The molecular weight excluding hydrogens is 260 g/mol. The molecule has 3 N–H and O–H groups in total. The summed E-state index contributed by atoms with van der Waals surface area (Å²) in [6.07, 6.45) is 0. The van der Waals surface area contributed by atoms with Crippen LogP contribution >= 0.6 is 0 Å². The third-order valence-corrected chi connectivity index (χ3v) is 2.55. The van der Waals surface area contributed by atoms with Gasteiger partial charge in [-0.15, -0.1) is 15.3 Å². The molecule has 1 aromatic carbocycles. The van der Waals surface area contributed by atoms with Crippen LogP contribution in [0.15, 0.2) is 24.3 Å². The molecule has 100 valence electrons. The second kappa shape index (κ2) is 4.88. The van der Waals surface area contributed by atoms with Crippen molar-refractivity contribution in [2.45, 2.75) is 6.92 Å². The Bertz CT molecular complexity index is 732. The van der Waals surface area contributed by atoms with Crippen molar-refractivity contribution in [3.8, 4) is 11.4 Å². The van der Waals surface area contributed by atoms with E-state index in [9.17, 15) is 4.79 Å². The summed E-state index contributed by atoms with van der Waals surface area (Å²) < 4.78 is 0. The minimum atomic E-state index is -0.311. The van der Waals surface area contributed by atoms with Crippen LogP contribution < -0.4 is 5.32 Å². The molecule has 0 aliphatic heterocycles. The number of carbonyl (C=O) groups excluding carboxylic acids is 1. The molecule has 0 saturated carbocycles. The SMILES string of the molecule is Cc1nc(NC(=O)c2cccc(-c3nn[nH]n3)c2)n[nH]1. The molecule has 9 heteroatoms. The Labute approximate surface area is 112 Å². The Balaban J connectivity index is 1.83. The van der Waals surface area contributed by atoms with Gasteiger partial charge in [0.25, 0.3) is 5.91 Å². The Morgan fingerprint density at radius 2 is 2.20 bits per heavy atom. The Morgan fingerprint density at radius 3 is 2.90 bits per heavy atom. The predicted molar refractivity (Wildman–Crippen MR) is 68.7 cm³/mol. The first kappa shape index (κ1) is 12.0. The second-order valence-corrected chi connectivity index (χ2v) is 4.01. The van der Waals surface area contributed by atoms with Crippen LogP contribution in [0.5, 0.6) is 0 Å². The van der Waals surface area contributed by atoms with E-state index in [1.54, 1.807) is 31.2 Å².